The molecule has 4 rings (SSSR count). The maximum atomic E-state index is 13.6. The van der Waals surface area contributed by atoms with Crippen LogP contribution in [0.1, 0.15) is 80.1 Å². The highest BCUT2D eigenvalue weighted by atomic mass is 16.5. The molecule has 2 aromatic rings. The zero-order valence-corrected chi connectivity index (χ0v) is 23.3. The molecule has 0 N–H and O–H groups in total. The number of benzene rings is 1. The van der Waals surface area contributed by atoms with Gasteiger partial charge in [-0.1, -0.05) is 66.5 Å². The molecule has 0 unspecified atom stereocenters. The second-order valence-electron chi connectivity index (χ2n) is 12.6. The van der Waals surface area contributed by atoms with Crippen molar-refractivity contribution in [2.45, 2.75) is 99.3 Å². The fourth-order valence-electron chi connectivity index (χ4n) is 6.95. The molecular formula is C31H47N2O3+. The molecule has 1 heterocycles. The van der Waals surface area contributed by atoms with E-state index >= 15 is 0 Å². The quantitative estimate of drug-likeness (QED) is 0.323. The van der Waals surface area contributed by atoms with Gasteiger partial charge in [-0.05, 0) is 73.3 Å². The summed E-state index contributed by atoms with van der Waals surface area (Å²) in [5.41, 5.74) is 1.96. The Bertz CT molecular complexity index is 1060. The van der Waals surface area contributed by atoms with Crippen molar-refractivity contribution in [1.29, 1.82) is 0 Å². The van der Waals surface area contributed by atoms with E-state index in [2.05, 4.69) is 41.5 Å². The smallest absolute Gasteiger partial charge is 0.348 e. The molecule has 5 nitrogen and oxygen atoms in total. The summed E-state index contributed by atoms with van der Waals surface area (Å²) in [5, 5.41) is 0. The lowest BCUT2D eigenvalue weighted by Gasteiger charge is -2.36. The topological polar surface area (TPSA) is 52.2 Å². The molecule has 0 bridgehead atoms. The third-order valence-electron chi connectivity index (χ3n) is 9.08. The van der Waals surface area contributed by atoms with Crippen molar-refractivity contribution in [2.75, 3.05) is 0 Å². The summed E-state index contributed by atoms with van der Waals surface area (Å²) >= 11 is 0. The Balaban J connectivity index is 1.50. The fraction of sp³-hybridized carbons (Fsp3) is 0.710. The molecular weight excluding hydrogens is 448 g/mol. The molecule has 36 heavy (non-hydrogen) atoms. The van der Waals surface area contributed by atoms with Gasteiger partial charge in [0.05, 0.1) is 0 Å². The van der Waals surface area contributed by atoms with Gasteiger partial charge in [0.25, 0.3) is 0 Å². The van der Waals surface area contributed by atoms with Crippen LogP contribution >= 0.6 is 0 Å². The maximum absolute atomic E-state index is 13.6. The van der Waals surface area contributed by atoms with Crippen molar-refractivity contribution in [1.82, 2.24) is 4.57 Å². The molecule has 0 saturated heterocycles. The van der Waals surface area contributed by atoms with Crippen molar-refractivity contribution < 1.29 is 18.9 Å². The minimum absolute atomic E-state index is 0.00182. The van der Waals surface area contributed by atoms with Crippen LogP contribution in [0.15, 0.2) is 30.6 Å². The summed E-state index contributed by atoms with van der Waals surface area (Å²) in [6.45, 7) is 14.0. The predicted molar refractivity (Wildman–Crippen MR) is 143 cm³/mol. The molecule has 2 aliphatic carbocycles. The Morgan fingerprint density at radius 1 is 0.944 bits per heavy atom. The molecule has 6 atom stereocenters. The number of Topliss-reactive ketones (excluding diaryl/α,β-unsaturated/α-hetero) is 1. The number of imidazole rings is 1. The summed E-state index contributed by atoms with van der Waals surface area (Å²) in [4.78, 5) is 26.7. The van der Waals surface area contributed by atoms with Gasteiger partial charge >= 0.3 is 5.97 Å². The molecule has 1 aromatic carbocycles. The predicted octanol–water partition coefficient (Wildman–Crippen LogP) is 6.21. The number of rotatable bonds is 8. The van der Waals surface area contributed by atoms with Crippen LogP contribution in [0.5, 0.6) is 0 Å². The van der Waals surface area contributed by atoms with Gasteiger partial charge in [0.1, 0.15) is 12.6 Å². The van der Waals surface area contributed by atoms with Crippen LogP contribution in [0.4, 0.5) is 0 Å². The van der Waals surface area contributed by atoms with Gasteiger partial charge in [-0.3, -0.25) is 4.79 Å². The zero-order chi connectivity index (χ0) is 26.0. The number of para-hydroxylation sites is 2. The Kier molecular flexibility index (Phi) is 8.57. The van der Waals surface area contributed by atoms with E-state index in [9.17, 15) is 9.59 Å². The van der Waals surface area contributed by atoms with Crippen LogP contribution in [0, 0.1) is 41.4 Å². The number of esters is 1. The maximum Gasteiger partial charge on any atom is 0.348 e. The SMILES string of the molecule is CC(C)[C@H]1CC[C@@H](C)C[C@H]1OC(=O)Cn1c[n+](CC(=O)[C@@H]2C[C@H](C)CC[C@@H]2C(C)C)c2ccccc21. The Labute approximate surface area is 217 Å². The number of ketones is 1. The lowest BCUT2D eigenvalue weighted by molar-refractivity contribution is -0.659. The molecule has 2 fully saturated rings. The minimum atomic E-state index is -0.181. The number of aromatic nitrogens is 2. The molecule has 0 aliphatic heterocycles. The summed E-state index contributed by atoms with van der Waals surface area (Å²) in [6, 6.07) is 8.07. The molecule has 0 spiro atoms. The van der Waals surface area contributed by atoms with Gasteiger partial charge < -0.3 is 4.74 Å². The Morgan fingerprint density at radius 2 is 1.58 bits per heavy atom. The third-order valence-corrected chi connectivity index (χ3v) is 9.08. The highest BCUT2D eigenvalue weighted by Crippen LogP contribution is 2.39. The number of carbonyl (C=O) groups is 2. The average molecular weight is 496 g/mol. The lowest BCUT2D eigenvalue weighted by Crippen LogP contribution is -2.43. The van der Waals surface area contributed by atoms with E-state index in [0.717, 1.165) is 36.7 Å². The molecule has 2 aliphatic rings. The van der Waals surface area contributed by atoms with E-state index in [1.807, 2.05) is 39.7 Å². The summed E-state index contributed by atoms with van der Waals surface area (Å²) in [5.74, 6) is 3.38. The van der Waals surface area contributed by atoms with Crippen LogP contribution in [-0.2, 0) is 27.4 Å². The van der Waals surface area contributed by atoms with E-state index in [-0.39, 0.29) is 24.5 Å². The number of hydrogen-bond donors (Lipinski definition) is 0. The highest BCUT2D eigenvalue weighted by molar-refractivity contribution is 5.81. The normalized spacial score (nSPS) is 29.1. The van der Waals surface area contributed by atoms with Crippen LogP contribution in [0.2, 0.25) is 0 Å². The number of fused-ring (bicyclic) bond motifs is 1. The fourth-order valence-corrected chi connectivity index (χ4v) is 6.95. The lowest BCUT2D eigenvalue weighted by atomic mass is 9.68. The van der Waals surface area contributed by atoms with Crippen molar-refractivity contribution in [3.05, 3.63) is 30.6 Å². The van der Waals surface area contributed by atoms with Gasteiger partial charge in [0.2, 0.25) is 6.33 Å². The van der Waals surface area contributed by atoms with Gasteiger partial charge in [0.15, 0.2) is 23.4 Å². The molecule has 5 heteroatoms. The molecule has 2 saturated carbocycles. The van der Waals surface area contributed by atoms with Crippen molar-refractivity contribution in [3.8, 4) is 0 Å². The van der Waals surface area contributed by atoms with Crippen LogP contribution in [0.25, 0.3) is 11.0 Å². The first kappa shape index (κ1) is 26.9. The Morgan fingerprint density at radius 3 is 2.28 bits per heavy atom. The monoisotopic (exact) mass is 495 g/mol. The average Bonchev–Trinajstić information content (AvgIpc) is 3.15. The van der Waals surface area contributed by atoms with Crippen LogP contribution < -0.4 is 4.57 Å². The summed E-state index contributed by atoms with van der Waals surface area (Å²) in [7, 11) is 0. The number of hydrogen-bond acceptors (Lipinski definition) is 3. The van der Waals surface area contributed by atoms with E-state index in [4.69, 9.17) is 4.74 Å². The first-order valence-electron chi connectivity index (χ1n) is 14.3. The van der Waals surface area contributed by atoms with E-state index in [0.29, 0.717) is 47.8 Å². The van der Waals surface area contributed by atoms with Crippen molar-refractivity contribution >= 4 is 22.8 Å². The summed E-state index contributed by atoms with van der Waals surface area (Å²) < 4.78 is 10.1. The first-order chi connectivity index (χ1) is 17.1. The van der Waals surface area contributed by atoms with Crippen LogP contribution in [0.3, 0.4) is 0 Å². The molecule has 0 amide bonds. The summed E-state index contributed by atoms with van der Waals surface area (Å²) in [6.07, 6.45) is 8.59. The molecule has 198 valence electrons. The van der Waals surface area contributed by atoms with Gasteiger partial charge in [-0.15, -0.1) is 0 Å². The van der Waals surface area contributed by atoms with Crippen molar-refractivity contribution in [3.63, 3.8) is 0 Å². The highest BCUT2D eigenvalue weighted by Gasteiger charge is 2.37. The van der Waals surface area contributed by atoms with E-state index in [1.165, 1.54) is 12.8 Å². The number of carbonyl (C=O) groups excluding carboxylic acids is 2. The standard InChI is InChI=1S/C31H47N2O3/c1-20(2)24-13-11-22(5)15-26(24)29(34)17-32-19-33(28-10-8-7-9-27(28)32)18-31(35)36-30-16-23(6)12-14-25(30)21(3)4/h7-10,19-26,30H,11-18H2,1-6H3/q+1/t22-,23-,24-,25-,26-,30-/m1/s1. The van der Waals surface area contributed by atoms with E-state index in [1.54, 1.807) is 0 Å². The van der Waals surface area contributed by atoms with Gasteiger partial charge in [-0.25, -0.2) is 13.9 Å². The molecule has 0 radical (unpaired) electrons. The zero-order valence-electron chi connectivity index (χ0n) is 23.3. The van der Waals surface area contributed by atoms with Gasteiger partial charge in [0, 0.05) is 5.92 Å². The van der Waals surface area contributed by atoms with Crippen LogP contribution in [-0.4, -0.2) is 22.4 Å². The third kappa shape index (κ3) is 6.03. The van der Waals surface area contributed by atoms with E-state index < -0.39 is 0 Å². The van der Waals surface area contributed by atoms with Gasteiger partial charge in [-0.2, -0.15) is 0 Å². The second-order valence-corrected chi connectivity index (χ2v) is 12.6. The second kappa shape index (κ2) is 11.5. The van der Waals surface area contributed by atoms with Crippen molar-refractivity contribution in [2.24, 2.45) is 41.4 Å². The minimum Gasteiger partial charge on any atom is -0.459 e. The largest absolute Gasteiger partial charge is 0.459 e. The Hall–Kier alpha value is -2.17. The number of nitrogens with zero attached hydrogens (tertiary/aromatic N) is 2. The molecule has 1 aromatic heterocycles. The number of ether oxygens (including phenoxy) is 1. The first-order valence-corrected chi connectivity index (χ1v) is 14.3.